The van der Waals surface area contributed by atoms with Crippen LogP contribution in [0.5, 0.6) is 0 Å². The normalized spacial score (nSPS) is 11.8. The lowest BCUT2D eigenvalue weighted by Gasteiger charge is -2.10. The highest BCUT2D eigenvalue weighted by Crippen LogP contribution is 2.06. The maximum Gasteiger partial charge on any atom is 0.381 e. The van der Waals surface area contributed by atoms with E-state index in [1.165, 1.54) is 17.1 Å². The zero-order valence-corrected chi connectivity index (χ0v) is 11.0. The van der Waals surface area contributed by atoms with Crippen molar-refractivity contribution in [1.82, 2.24) is 14.9 Å². The van der Waals surface area contributed by atoms with Gasteiger partial charge in [-0.1, -0.05) is 6.92 Å². The zero-order valence-electron chi connectivity index (χ0n) is 11.0. The predicted molar refractivity (Wildman–Crippen MR) is 67.9 cm³/mol. The first-order valence-corrected chi connectivity index (χ1v) is 6.03. The average Bonchev–Trinajstić information content (AvgIpc) is 2.82. The van der Waals surface area contributed by atoms with Gasteiger partial charge in [0.1, 0.15) is 6.20 Å². The summed E-state index contributed by atoms with van der Waals surface area (Å²) >= 11 is 0. The molecule has 0 radical (unpaired) electrons. The molecular formula is C11H16N4O5. The van der Waals surface area contributed by atoms with Crippen LogP contribution in [0.3, 0.4) is 0 Å². The van der Waals surface area contributed by atoms with Gasteiger partial charge in [0.05, 0.1) is 0 Å². The smallest absolute Gasteiger partial charge is 0.381 e. The summed E-state index contributed by atoms with van der Waals surface area (Å²) in [7, 11) is 0. The van der Waals surface area contributed by atoms with Crippen molar-refractivity contribution in [2.45, 2.75) is 26.3 Å². The highest BCUT2D eigenvalue weighted by molar-refractivity contribution is 5.75. The van der Waals surface area contributed by atoms with Crippen molar-refractivity contribution >= 4 is 17.7 Å². The van der Waals surface area contributed by atoms with Gasteiger partial charge in [-0.2, -0.15) is 0 Å². The Balaban J connectivity index is 2.28. The zero-order chi connectivity index (χ0) is 15.1. The van der Waals surface area contributed by atoms with E-state index in [1.807, 2.05) is 0 Å². The highest BCUT2D eigenvalue weighted by Gasteiger charge is 2.12. The third-order valence-electron chi connectivity index (χ3n) is 2.57. The summed E-state index contributed by atoms with van der Waals surface area (Å²) in [6.07, 6.45) is 2.68. The minimum Gasteiger partial charge on any atom is -0.481 e. The van der Waals surface area contributed by atoms with Crippen LogP contribution in [-0.2, 0) is 16.1 Å². The second kappa shape index (κ2) is 7.22. The number of rotatable bonds is 8. The molecule has 0 aliphatic carbocycles. The number of amides is 1. The van der Waals surface area contributed by atoms with Gasteiger partial charge in [-0.15, -0.1) is 0 Å². The maximum atomic E-state index is 11.5. The molecule has 1 amide bonds. The van der Waals surface area contributed by atoms with E-state index in [-0.39, 0.29) is 43.6 Å². The molecule has 1 atom stereocenters. The minimum absolute atomic E-state index is 0.00596. The number of nitrogens with zero attached hydrogens (tertiary/aromatic N) is 3. The fourth-order valence-electron chi connectivity index (χ4n) is 1.54. The molecule has 0 spiro atoms. The first-order valence-electron chi connectivity index (χ1n) is 6.03. The molecule has 0 saturated carbocycles. The molecule has 1 aromatic heterocycles. The molecule has 9 heteroatoms. The quantitative estimate of drug-likeness (QED) is 0.525. The van der Waals surface area contributed by atoms with Crippen LogP contribution in [-0.4, -0.2) is 38.0 Å². The third-order valence-corrected chi connectivity index (χ3v) is 2.57. The molecule has 20 heavy (non-hydrogen) atoms. The van der Waals surface area contributed by atoms with Crippen LogP contribution in [0.1, 0.15) is 19.8 Å². The van der Waals surface area contributed by atoms with Crippen LogP contribution in [0, 0.1) is 16.0 Å². The lowest BCUT2D eigenvalue weighted by Crippen LogP contribution is -2.29. The van der Waals surface area contributed by atoms with Crippen LogP contribution < -0.4 is 5.32 Å². The summed E-state index contributed by atoms with van der Waals surface area (Å²) in [5.41, 5.74) is 0. The molecule has 0 bridgehead atoms. The Morgan fingerprint density at radius 3 is 2.85 bits per heavy atom. The van der Waals surface area contributed by atoms with Crippen molar-refractivity contribution in [3.8, 4) is 0 Å². The van der Waals surface area contributed by atoms with Gasteiger partial charge in [-0.3, -0.25) is 9.59 Å². The number of hydrogen-bond donors (Lipinski definition) is 2. The largest absolute Gasteiger partial charge is 0.481 e. The van der Waals surface area contributed by atoms with E-state index in [0.717, 1.165) is 0 Å². The van der Waals surface area contributed by atoms with E-state index < -0.39 is 10.9 Å². The third kappa shape index (κ3) is 5.46. The topological polar surface area (TPSA) is 127 Å². The van der Waals surface area contributed by atoms with Gasteiger partial charge < -0.3 is 25.1 Å². The Hall–Kier alpha value is -2.45. The molecule has 1 rings (SSSR count). The molecular weight excluding hydrogens is 268 g/mol. The van der Waals surface area contributed by atoms with Crippen molar-refractivity contribution < 1.29 is 19.6 Å². The summed E-state index contributed by atoms with van der Waals surface area (Å²) < 4.78 is 1.46. The fourth-order valence-corrected chi connectivity index (χ4v) is 1.54. The molecule has 110 valence electrons. The standard InChI is InChI=1S/C11H16N4O5/c1-8(4-11(17)18)5-12-10(16)2-3-14-6-9(13-7-14)15(19)20/h6-8H,2-5H2,1H3,(H,12,16)(H,17,18). The number of aliphatic carboxylic acids is 1. The van der Waals surface area contributed by atoms with Gasteiger partial charge in [0.2, 0.25) is 12.2 Å². The lowest BCUT2D eigenvalue weighted by atomic mass is 10.1. The van der Waals surface area contributed by atoms with E-state index >= 15 is 0 Å². The summed E-state index contributed by atoms with van der Waals surface area (Å²) in [4.78, 5) is 35.3. The minimum atomic E-state index is -0.905. The van der Waals surface area contributed by atoms with E-state index in [0.29, 0.717) is 0 Å². The monoisotopic (exact) mass is 284 g/mol. The summed E-state index contributed by atoms with van der Waals surface area (Å²) in [5, 5.41) is 21.6. The van der Waals surface area contributed by atoms with Crippen molar-refractivity contribution in [2.75, 3.05) is 6.54 Å². The second-order valence-electron chi connectivity index (χ2n) is 4.48. The molecule has 1 aromatic rings. The molecule has 1 unspecified atom stereocenters. The number of carboxylic acid groups (broad SMARTS) is 1. The van der Waals surface area contributed by atoms with Gasteiger partial charge in [0.15, 0.2) is 0 Å². The van der Waals surface area contributed by atoms with Gasteiger partial charge in [-0.05, 0) is 15.8 Å². The Kier molecular flexibility index (Phi) is 5.63. The van der Waals surface area contributed by atoms with Crippen molar-refractivity contribution in [3.63, 3.8) is 0 Å². The van der Waals surface area contributed by atoms with E-state index in [9.17, 15) is 19.7 Å². The Bertz CT molecular complexity index is 499. The van der Waals surface area contributed by atoms with Crippen LogP contribution >= 0.6 is 0 Å². The predicted octanol–water partition coefficient (Wildman–Crippen LogP) is 0.408. The van der Waals surface area contributed by atoms with Gasteiger partial charge in [0, 0.05) is 25.9 Å². The number of carbonyl (C=O) groups excluding carboxylic acids is 1. The second-order valence-corrected chi connectivity index (χ2v) is 4.48. The molecule has 0 aromatic carbocycles. The van der Waals surface area contributed by atoms with Crippen molar-refractivity contribution in [3.05, 3.63) is 22.6 Å². The number of aromatic nitrogens is 2. The number of carboxylic acids is 1. The van der Waals surface area contributed by atoms with Crippen molar-refractivity contribution in [2.24, 2.45) is 5.92 Å². The molecule has 9 nitrogen and oxygen atoms in total. The van der Waals surface area contributed by atoms with Crippen molar-refractivity contribution in [1.29, 1.82) is 0 Å². The lowest BCUT2D eigenvalue weighted by molar-refractivity contribution is -0.389. The molecule has 0 aliphatic heterocycles. The maximum absolute atomic E-state index is 11.5. The van der Waals surface area contributed by atoms with E-state index in [4.69, 9.17) is 5.11 Å². The van der Waals surface area contributed by atoms with Gasteiger partial charge >= 0.3 is 11.8 Å². The number of hydrogen-bond acceptors (Lipinski definition) is 5. The average molecular weight is 284 g/mol. The fraction of sp³-hybridized carbons (Fsp3) is 0.545. The number of imidazole rings is 1. The molecule has 0 aliphatic rings. The van der Waals surface area contributed by atoms with Gasteiger partial charge in [-0.25, -0.2) is 0 Å². The number of carbonyl (C=O) groups is 2. The first kappa shape index (κ1) is 15.6. The summed E-state index contributed by atoms with van der Waals surface area (Å²) in [5.74, 6) is -1.55. The van der Waals surface area contributed by atoms with E-state index in [2.05, 4.69) is 10.3 Å². The molecule has 2 N–H and O–H groups in total. The Morgan fingerprint density at radius 2 is 2.30 bits per heavy atom. The summed E-state index contributed by atoms with van der Waals surface area (Å²) in [6.45, 7) is 2.29. The molecule has 1 heterocycles. The SMILES string of the molecule is CC(CNC(=O)CCn1cnc([N+](=O)[O-])c1)CC(=O)O. The van der Waals surface area contributed by atoms with Crippen LogP contribution in [0.15, 0.2) is 12.5 Å². The Labute approximate surface area is 114 Å². The Morgan fingerprint density at radius 1 is 1.60 bits per heavy atom. The first-order chi connectivity index (χ1) is 9.38. The summed E-state index contributed by atoms with van der Waals surface area (Å²) in [6, 6.07) is 0. The number of nitro groups is 1. The molecule has 0 saturated heterocycles. The van der Waals surface area contributed by atoms with Crippen LogP contribution in [0.4, 0.5) is 5.82 Å². The highest BCUT2D eigenvalue weighted by atomic mass is 16.6. The molecule has 0 fully saturated rings. The number of aryl methyl sites for hydroxylation is 1. The van der Waals surface area contributed by atoms with Crippen LogP contribution in [0.2, 0.25) is 0 Å². The van der Waals surface area contributed by atoms with Gasteiger partial charge in [0.25, 0.3) is 0 Å². The van der Waals surface area contributed by atoms with E-state index in [1.54, 1.807) is 6.92 Å². The number of nitrogens with one attached hydrogen (secondary N) is 1. The van der Waals surface area contributed by atoms with Crippen LogP contribution in [0.25, 0.3) is 0 Å².